The lowest BCUT2D eigenvalue weighted by molar-refractivity contribution is -0.135. The molecule has 4 amide bonds. The van der Waals surface area contributed by atoms with Crippen molar-refractivity contribution in [3.8, 4) is 0 Å². The Morgan fingerprint density at radius 1 is 0.621 bits per heavy atom. The predicted octanol–water partition coefficient (Wildman–Crippen LogP) is 3.39. The molecule has 2 aromatic carbocycles. The average molecular weight is 618 g/mol. The first-order valence-electron chi connectivity index (χ1n) is 8.42. The molecule has 1 aliphatic rings. The molecular formula is C19H16I2N4O4. The maximum Gasteiger partial charge on any atom is 0.314 e. The minimum atomic E-state index is -1.43. The highest BCUT2D eigenvalue weighted by molar-refractivity contribution is 14.1. The Bertz CT molecular complexity index is 971. The van der Waals surface area contributed by atoms with Crippen molar-refractivity contribution in [2.75, 3.05) is 21.3 Å². The molecule has 0 aliphatic carbocycles. The van der Waals surface area contributed by atoms with Crippen LogP contribution in [0.3, 0.4) is 0 Å². The third-order valence-electron chi connectivity index (χ3n) is 4.30. The van der Waals surface area contributed by atoms with E-state index >= 15 is 0 Å². The monoisotopic (exact) mass is 618 g/mol. The average Bonchev–Trinajstić information content (AvgIpc) is 2.65. The van der Waals surface area contributed by atoms with E-state index in [9.17, 15) is 19.2 Å². The molecule has 0 aromatic heterocycles. The van der Waals surface area contributed by atoms with Crippen molar-refractivity contribution >= 4 is 91.6 Å². The van der Waals surface area contributed by atoms with Gasteiger partial charge in [0, 0.05) is 7.14 Å². The number of halogens is 2. The minimum absolute atomic E-state index is 0.247. The largest absolute Gasteiger partial charge is 0.323 e. The van der Waals surface area contributed by atoms with E-state index in [1.54, 1.807) is 36.4 Å². The van der Waals surface area contributed by atoms with Gasteiger partial charge in [0.15, 0.2) is 0 Å². The lowest BCUT2D eigenvalue weighted by Gasteiger charge is -2.24. The maximum absolute atomic E-state index is 12.9. The number of nitrogens with one attached hydrogen (secondary N) is 4. The fourth-order valence-electron chi connectivity index (χ4n) is 2.48. The summed E-state index contributed by atoms with van der Waals surface area (Å²) >= 11 is 4.11. The molecule has 4 N–H and O–H groups in total. The zero-order valence-corrected chi connectivity index (χ0v) is 19.7. The Hall–Kier alpha value is -2.22. The van der Waals surface area contributed by atoms with Crippen molar-refractivity contribution in [3.05, 3.63) is 43.5 Å². The van der Waals surface area contributed by atoms with Crippen LogP contribution in [0.25, 0.3) is 0 Å². The van der Waals surface area contributed by atoms with Crippen LogP contribution in [0.5, 0.6) is 0 Å². The highest BCUT2D eigenvalue weighted by Gasteiger charge is 2.37. The normalized spacial score (nSPS) is 16.6. The van der Waals surface area contributed by atoms with Crippen LogP contribution in [-0.4, -0.2) is 23.6 Å². The SMILES string of the molecule is CC1(C)C(=O)Nc2cc(I)ccc2NC(=O)C(=O)Nc2ccc(I)cc2NC1=O. The summed E-state index contributed by atoms with van der Waals surface area (Å²) < 4.78 is 1.60. The predicted molar refractivity (Wildman–Crippen MR) is 127 cm³/mol. The van der Waals surface area contributed by atoms with Gasteiger partial charge in [-0.25, -0.2) is 0 Å². The molecular weight excluding hydrogens is 602 g/mol. The highest BCUT2D eigenvalue weighted by atomic mass is 127. The summed E-state index contributed by atoms with van der Waals surface area (Å²) in [5.41, 5.74) is -0.362. The molecule has 0 bridgehead atoms. The number of hydrogen-bond donors (Lipinski definition) is 4. The molecule has 3 rings (SSSR count). The molecule has 10 heteroatoms. The van der Waals surface area contributed by atoms with Crippen molar-refractivity contribution < 1.29 is 19.2 Å². The maximum atomic E-state index is 12.9. The number of benzene rings is 2. The van der Waals surface area contributed by atoms with E-state index in [2.05, 4.69) is 66.4 Å². The van der Waals surface area contributed by atoms with E-state index in [1.807, 2.05) is 0 Å². The molecule has 0 spiro atoms. The van der Waals surface area contributed by atoms with Crippen LogP contribution in [0.2, 0.25) is 0 Å². The summed E-state index contributed by atoms with van der Waals surface area (Å²) in [6, 6.07) is 9.86. The van der Waals surface area contributed by atoms with Gasteiger partial charge < -0.3 is 21.3 Å². The summed E-state index contributed by atoms with van der Waals surface area (Å²) in [7, 11) is 0. The molecule has 0 saturated carbocycles. The second-order valence-electron chi connectivity index (χ2n) is 6.82. The van der Waals surface area contributed by atoms with Gasteiger partial charge in [0.1, 0.15) is 5.41 Å². The van der Waals surface area contributed by atoms with E-state index in [0.29, 0.717) is 0 Å². The van der Waals surface area contributed by atoms with Gasteiger partial charge in [0.05, 0.1) is 22.7 Å². The zero-order chi connectivity index (χ0) is 21.3. The zero-order valence-electron chi connectivity index (χ0n) is 15.4. The van der Waals surface area contributed by atoms with Crippen LogP contribution in [0.4, 0.5) is 22.7 Å². The Balaban J connectivity index is 2.11. The van der Waals surface area contributed by atoms with Crippen LogP contribution in [0.15, 0.2) is 36.4 Å². The molecule has 0 unspecified atom stereocenters. The third kappa shape index (κ3) is 4.69. The van der Waals surface area contributed by atoms with Crippen LogP contribution in [-0.2, 0) is 19.2 Å². The second kappa shape index (κ2) is 8.26. The number of hydrogen-bond acceptors (Lipinski definition) is 4. The first-order valence-corrected chi connectivity index (χ1v) is 10.6. The van der Waals surface area contributed by atoms with E-state index < -0.39 is 29.0 Å². The van der Waals surface area contributed by atoms with Crippen molar-refractivity contribution in [3.63, 3.8) is 0 Å². The first kappa shape index (κ1) is 21.5. The molecule has 0 fully saturated rings. The van der Waals surface area contributed by atoms with E-state index in [-0.39, 0.29) is 22.7 Å². The Labute approximate surface area is 193 Å². The fourth-order valence-corrected chi connectivity index (χ4v) is 3.46. The van der Waals surface area contributed by atoms with Crippen molar-refractivity contribution in [2.45, 2.75) is 13.8 Å². The molecule has 29 heavy (non-hydrogen) atoms. The summed E-state index contributed by atoms with van der Waals surface area (Å²) in [5.74, 6) is -2.93. The number of carbonyl (C=O) groups excluding carboxylic acids is 4. The molecule has 0 saturated heterocycles. The van der Waals surface area contributed by atoms with Gasteiger partial charge in [-0.15, -0.1) is 0 Å². The van der Waals surface area contributed by atoms with Gasteiger partial charge in [-0.3, -0.25) is 19.2 Å². The number of fused-ring (bicyclic) bond motifs is 2. The second-order valence-corrected chi connectivity index (χ2v) is 9.31. The Kier molecular flexibility index (Phi) is 6.12. The smallest absolute Gasteiger partial charge is 0.314 e. The third-order valence-corrected chi connectivity index (χ3v) is 5.64. The number of carbonyl (C=O) groups is 4. The molecule has 8 nitrogen and oxygen atoms in total. The lowest BCUT2D eigenvalue weighted by Crippen LogP contribution is -2.41. The molecule has 1 aliphatic heterocycles. The number of rotatable bonds is 0. The van der Waals surface area contributed by atoms with E-state index in [4.69, 9.17) is 0 Å². The summed E-state index contributed by atoms with van der Waals surface area (Å²) in [6.07, 6.45) is 0. The van der Waals surface area contributed by atoms with E-state index in [1.165, 1.54) is 13.8 Å². The van der Waals surface area contributed by atoms with Gasteiger partial charge in [-0.05, 0) is 95.4 Å². The Morgan fingerprint density at radius 3 is 1.38 bits per heavy atom. The fraction of sp³-hybridized carbons (Fsp3) is 0.158. The van der Waals surface area contributed by atoms with Gasteiger partial charge >= 0.3 is 11.8 Å². The minimum Gasteiger partial charge on any atom is -0.323 e. The van der Waals surface area contributed by atoms with Crippen LogP contribution in [0.1, 0.15) is 13.8 Å². The summed E-state index contributed by atoms with van der Waals surface area (Å²) in [5, 5.41) is 10.4. The van der Waals surface area contributed by atoms with Crippen LogP contribution >= 0.6 is 45.2 Å². The number of anilines is 4. The molecule has 0 radical (unpaired) electrons. The van der Waals surface area contributed by atoms with Gasteiger partial charge in [0.2, 0.25) is 11.8 Å². The van der Waals surface area contributed by atoms with Crippen molar-refractivity contribution in [1.29, 1.82) is 0 Å². The summed E-state index contributed by atoms with van der Waals surface area (Å²) in [4.78, 5) is 50.5. The topological polar surface area (TPSA) is 116 Å². The van der Waals surface area contributed by atoms with Crippen LogP contribution < -0.4 is 21.3 Å². The lowest BCUT2D eigenvalue weighted by atomic mass is 9.90. The molecule has 150 valence electrons. The van der Waals surface area contributed by atoms with Gasteiger partial charge in [0.25, 0.3) is 0 Å². The molecule has 0 atom stereocenters. The molecule has 1 heterocycles. The standard InChI is InChI=1S/C19H16I2N4O4/c1-19(2)17(28)24-13-7-9(20)3-5-11(13)22-15(26)16(27)23-12-6-4-10(21)8-14(12)25-18(19)29/h3-8H,1-2H3,(H,22,26)(H,23,27)(H,24,28)(H,25,29). The summed E-state index contributed by atoms with van der Waals surface area (Å²) in [6.45, 7) is 2.99. The van der Waals surface area contributed by atoms with E-state index in [0.717, 1.165) is 7.14 Å². The molecule has 2 aromatic rings. The number of amides is 4. The van der Waals surface area contributed by atoms with Crippen molar-refractivity contribution in [2.24, 2.45) is 5.41 Å². The van der Waals surface area contributed by atoms with Crippen LogP contribution in [0, 0.1) is 12.6 Å². The Morgan fingerprint density at radius 2 is 1.00 bits per heavy atom. The van der Waals surface area contributed by atoms with Gasteiger partial charge in [-0.2, -0.15) is 0 Å². The first-order chi connectivity index (χ1) is 13.6. The quantitative estimate of drug-likeness (QED) is 0.206. The highest BCUT2D eigenvalue weighted by Crippen LogP contribution is 2.30. The van der Waals surface area contributed by atoms with Gasteiger partial charge in [-0.1, -0.05) is 0 Å². The van der Waals surface area contributed by atoms with Crippen molar-refractivity contribution in [1.82, 2.24) is 0 Å².